The van der Waals surface area contributed by atoms with Gasteiger partial charge in [0.2, 0.25) is 15.9 Å². The molecule has 182 valence electrons. The lowest BCUT2D eigenvalue weighted by Crippen LogP contribution is -2.44. The van der Waals surface area contributed by atoms with Gasteiger partial charge in [0.25, 0.3) is 5.91 Å². The molecule has 0 radical (unpaired) electrons. The van der Waals surface area contributed by atoms with Crippen LogP contribution in [0.4, 0.5) is 0 Å². The number of benzene rings is 2. The quantitative estimate of drug-likeness (QED) is 0.678. The number of nitrogens with zero attached hydrogens (tertiary/aromatic N) is 2. The van der Waals surface area contributed by atoms with Gasteiger partial charge in [0.05, 0.1) is 0 Å². The first-order chi connectivity index (χ1) is 16.2. The van der Waals surface area contributed by atoms with Crippen molar-refractivity contribution in [3.63, 3.8) is 0 Å². The zero-order chi connectivity index (χ0) is 24.5. The summed E-state index contributed by atoms with van der Waals surface area (Å²) >= 11 is 0. The van der Waals surface area contributed by atoms with Crippen LogP contribution in [0.2, 0.25) is 0 Å². The van der Waals surface area contributed by atoms with Crippen molar-refractivity contribution in [1.82, 2.24) is 9.21 Å². The van der Waals surface area contributed by atoms with Crippen LogP contribution in [0.3, 0.4) is 0 Å². The molecule has 2 heterocycles. The molecule has 0 bridgehead atoms. The van der Waals surface area contributed by atoms with Crippen molar-refractivity contribution in [2.24, 2.45) is 5.73 Å². The molecule has 2 fully saturated rings. The Kier molecular flexibility index (Phi) is 7.09. The van der Waals surface area contributed by atoms with Crippen LogP contribution in [0, 0.1) is 0 Å². The van der Waals surface area contributed by atoms with E-state index in [1.54, 1.807) is 21.3 Å². The summed E-state index contributed by atoms with van der Waals surface area (Å²) in [6.45, 7) is 4.20. The summed E-state index contributed by atoms with van der Waals surface area (Å²) in [5, 5.41) is -0.537. The lowest BCUT2D eigenvalue weighted by molar-refractivity contribution is -0.118. The first-order valence-corrected chi connectivity index (χ1v) is 13.4. The van der Waals surface area contributed by atoms with Crippen LogP contribution in [0.15, 0.2) is 54.6 Å². The van der Waals surface area contributed by atoms with E-state index in [-0.39, 0.29) is 37.0 Å². The van der Waals surface area contributed by atoms with Crippen molar-refractivity contribution in [2.45, 2.75) is 75.9 Å². The van der Waals surface area contributed by atoms with E-state index < -0.39 is 21.2 Å². The number of carbonyl (C=O) groups is 2. The maximum absolute atomic E-state index is 13.5. The van der Waals surface area contributed by atoms with E-state index in [9.17, 15) is 18.0 Å². The number of hydrogen-bond acceptors (Lipinski definition) is 4. The lowest BCUT2D eigenvalue weighted by Gasteiger charge is -2.37. The van der Waals surface area contributed by atoms with Crippen LogP contribution >= 0.6 is 0 Å². The number of likely N-dealkylation sites (tertiary alicyclic amines) is 1. The molecule has 2 amide bonds. The van der Waals surface area contributed by atoms with Gasteiger partial charge in [-0.3, -0.25) is 9.59 Å². The second-order valence-electron chi connectivity index (χ2n) is 9.58. The Morgan fingerprint density at radius 2 is 1.56 bits per heavy atom. The van der Waals surface area contributed by atoms with Crippen LogP contribution in [0.1, 0.15) is 72.7 Å². The molecule has 34 heavy (non-hydrogen) atoms. The van der Waals surface area contributed by atoms with Gasteiger partial charge in [0, 0.05) is 36.7 Å². The van der Waals surface area contributed by atoms with Crippen molar-refractivity contribution in [3.8, 4) is 0 Å². The van der Waals surface area contributed by atoms with Crippen molar-refractivity contribution in [2.75, 3.05) is 0 Å². The number of hydrogen-bond donors (Lipinski definition) is 1. The van der Waals surface area contributed by atoms with Gasteiger partial charge in [0.1, 0.15) is 5.25 Å². The zero-order valence-corrected chi connectivity index (χ0v) is 20.6. The SMILES string of the molecule is CC1CCC(CC(N)=O)N1C(=O)c1ccc(CN2[C@@H](C)CCC(c3ccccc3)S2(=O)=O)cc1. The second kappa shape index (κ2) is 9.88. The highest BCUT2D eigenvalue weighted by Gasteiger charge is 2.40. The van der Waals surface area contributed by atoms with Crippen LogP contribution < -0.4 is 5.73 Å². The van der Waals surface area contributed by atoms with Crippen LogP contribution in [0.25, 0.3) is 0 Å². The summed E-state index contributed by atoms with van der Waals surface area (Å²) in [5.41, 5.74) is 7.57. The highest BCUT2D eigenvalue weighted by molar-refractivity contribution is 7.89. The largest absolute Gasteiger partial charge is 0.370 e. The van der Waals surface area contributed by atoms with Gasteiger partial charge in [-0.25, -0.2) is 8.42 Å². The minimum absolute atomic E-state index is 0.0470. The monoisotopic (exact) mass is 483 g/mol. The normalized spacial score (nSPS) is 26.9. The Labute approximate surface area is 202 Å². The van der Waals surface area contributed by atoms with Gasteiger partial charge in [0.15, 0.2) is 0 Å². The molecule has 2 aromatic carbocycles. The first-order valence-electron chi connectivity index (χ1n) is 11.9. The van der Waals surface area contributed by atoms with Gasteiger partial charge < -0.3 is 10.6 Å². The summed E-state index contributed by atoms with van der Waals surface area (Å²) in [4.78, 5) is 26.4. The third-order valence-electron chi connectivity index (χ3n) is 7.19. The van der Waals surface area contributed by atoms with E-state index in [0.717, 1.165) is 30.4 Å². The molecule has 0 aromatic heterocycles. The average molecular weight is 484 g/mol. The molecule has 4 rings (SSSR count). The Balaban J connectivity index is 1.50. The highest BCUT2D eigenvalue weighted by atomic mass is 32.2. The maximum Gasteiger partial charge on any atom is 0.254 e. The number of sulfonamides is 1. The highest BCUT2D eigenvalue weighted by Crippen LogP contribution is 2.38. The van der Waals surface area contributed by atoms with Gasteiger partial charge >= 0.3 is 0 Å². The topological polar surface area (TPSA) is 101 Å². The van der Waals surface area contributed by atoms with E-state index in [4.69, 9.17) is 5.73 Å². The number of carbonyl (C=O) groups excluding carboxylic acids is 2. The fraction of sp³-hybridized carbons (Fsp3) is 0.462. The molecule has 8 heteroatoms. The fourth-order valence-electron chi connectivity index (χ4n) is 5.30. The van der Waals surface area contributed by atoms with Crippen molar-refractivity contribution in [1.29, 1.82) is 0 Å². The second-order valence-corrected chi connectivity index (χ2v) is 11.6. The zero-order valence-electron chi connectivity index (χ0n) is 19.8. The summed E-state index contributed by atoms with van der Waals surface area (Å²) in [6.07, 6.45) is 3.18. The molecule has 2 aromatic rings. The molecule has 0 spiro atoms. The smallest absolute Gasteiger partial charge is 0.254 e. The van der Waals surface area contributed by atoms with Crippen molar-refractivity contribution in [3.05, 3.63) is 71.3 Å². The molecular formula is C26H33N3O4S. The summed E-state index contributed by atoms with van der Waals surface area (Å²) in [6, 6.07) is 16.3. The molecule has 0 saturated carbocycles. The number of primary amides is 1. The van der Waals surface area contributed by atoms with Gasteiger partial charge in [-0.05, 0) is 62.8 Å². The number of amides is 2. The van der Waals surface area contributed by atoms with Gasteiger partial charge in [-0.2, -0.15) is 4.31 Å². The Morgan fingerprint density at radius 3 is 2.21 bits per heavy atom. The molecule has 2 saturated heterocycles. The first kappa shape index (κ1) is 24.4. The number of rotatable bonds is 6. The summed E-state index contributed by atoms with van der Waals surface area (Å²) in [5.74, 6) is -0.524. The minimum Gasteiger partial charge on any atom is -0.370 e. The molecule has 2 aliphatic rings. The molecule has 2 N–H and O–H groups in total. The van der Waals surface area contributed by atoms with Crippen molar-refractivity contribution >= 4 is 21.8 Å². The van der Waals surface area contributed by atoms with Crippen LogP contribution in [-0.2, 0) is 21.4 Å². The van der Waals surface area contributed by atoms with Gasteiger partial charge in [-0.1, -0.05) is 42.5 Å². The minimum atomic E-state index is -3.52. The van der Waals surface area contributed by atoms with E-state index in [1.165, 1.54) is 0 Å². The number of nitrogens with two attached hydrogens (primary N) is 1. The van der Waals surface area contributed by atoms with E-state index in [1.807, 2.05) is 56.3 Å². The third-order valence-corrected chi connectivity index (χ3v) is 9.56. The predicted molar refractivity (Wildman–Crippen MR) is 131 cm³/mol. The van der Waals surface area contributed by atoms with Crippen molar-refractivity contribution < 1.29 is 18.0 Å². The summed E-state index contributed by atoms with van der Waals surface area (Å²) in [7, 11) is -3.52. The van der Waals surface area contributed by atoms with Gasteiger partial charge in [-0.15, -0.1) is 0 Å². The molecule has 4 atom stereocenters. The molecule has 0 aliphatic carbocycles. The molecule has 7 nitrogen and oxygen atoms in total. The van der Waals surface area contributed by atoms with Crippen LogP contribution in [0.5, 0.6) is 0 Å². The maximum atomic E-state index is 13.5. The van der Waals surface area contributed by atoms with E-state index in [2.05, 4.69) is 0 Å². The Morgan fingerprint density at radius 1 is 0.912 bits per heavy atom. The van der Waals surface area contributed by atoms with Crippen LogP contribution in [-0.4, -0.2) is 47.6 Å². The fourth-order valence-corrected chi connectivity index (χ4v) is 7.50. The predicted octanol–water partition coefficient (Wildman–Crippen LogP) is 3.61. The molecular weight excluding hydrogens is 450 g/mol. The Bertz CT molecular complexity index is 1130. The third kappa shape index (κ3) is 4.88. The lowest BCUT2D eigenvalue weighted by atomic mass is 10.0. The van der Waals surface area contributed by atoms with E-state index in [0.29, 0.717) is 12.0 Å². The molecule has 3 unspecified atom stereocenters. The average Bonchev–Trinajstić information content (AvgIpc) is 3.16. The standard InChI is InChI=1S/C26H33N3O4S/c1-18-9-15-24(21-6-4-3-5-7-21)34(32,33)28(18)17-20-10-12-22(13-11-20)26(31)29-19(2)8-14-23(29)16-25(27)30/h3-7,10-13,18-19,23-24H,8-9,14-17H2,1-2H3,(H2,27,30)/t18-,19?,23?,24?/m0/s1. The molecule has 2 aliphatic heterocycles. The van der Waals surface area contributed by atoms with E-state index >= 15 is 0 Å². The Hall–Kier alpha value is -2.71. The summed E-state index contributed by atoms with van der Waals surface area (Å²) < 4.78 is 28.5.